The number of nitrogens with one attached hydrogen (secondary N) is 2. The summed E-state index contributed by atoms with van der Waals surface area (Å²) in [6.07, 6.45) is 5.40. The first-order chi connectivity index (χ1) is 14.1. The Morgan fingerprint density at radius 2 is 2.24 bits per heavy atom. The van der Waals surface area contributed by atoms with E-state index in [0.717, 1.165) is 0 Å². The highest BCUT2D eigenvalue weighted by molar-refractivity contribution is 5.89. The lowest BCUT2D eigenvalue weighted by molar-refractivity contribution is 0.243. The Bertz CT molecular complexity index is 979. The van der Waals surface area contributed by atoms with Crippen LogP contribution in [0.4, 0.5) is 10.5 Å². The Balaban J connectivity index is 1.37. The van der Waals surface area contributed by atoms with Crippen LogP contribution in [0.3, 0.4) is 0 Å². The van der Waals surface area contributed by atoms with Crippen molar-refractivity contribution in [3.63, 3.8) is 0 Å². The van der Waals surface area contributed by atoms with Crippen molar-refractivity contribution in [3.8, 4) is 17.3 Å². The summed E-state index contributed by atoms with van der Waals surface area (Å²) in [6.45, 7) is 0.666. The molecule has 150 valence electrons. The highest BCUT2D eigenvalue weighted by Gasteiger charge is 2.35. The normalized spacial score (nSPS) is 19.1. The predicted octanol–water partition coefficient (Wildman–Crippen LogP) is 2.10. The fraction of sp³-hybridized carbons (Fsp3) is 0.316. The highest BCUT2D eigenvalue weighted by Crippen LogP contribution is 2.30. The van der Waals surface area contributed by atoms with Gasteiger partial charge in [0.2, 0.25) is 11.7 Å². The minimum atomic E-state index is -0.275. The zero-order valence-electron chi connectivity index (χ0n) is 16.1. The number of anilines is 1. The van der Waals surface area contributed by atoms with Crippen LogP contribution in [-0.4, -0.2) is 57.8 Å². The molecule has 1 aromatic carbocycles. The molecular weight excluding hydrogens is 374 g/mol. The second kappa shape index (κ2) is 8.23. The number of carbonyl (C=O) groups is 1. The van der Waals surface area contributed by atoms with E-state index >= 15 is 0 Å². The number of carbonyl (C=O) groups excluding carboxylic acids is 1. The molecule has 0 bridgehead atoms. The number of methoxy groups -OCH3 is 1. The average molecular weight is 395 g/mol. The van der Waals surface area contributed by atoms with Crippen LogP contribution < -0.4 is 15.4 Å². The van der Waals surface area contributed by atoms with Crippen LogP contribution in [0.1, 0.15) is 18.4 Å². The lowest BCUT2D eigenvalue weighted by atomic mass is 10.1. The van der Waals surface area contributed by atoms with Crippen molar-refractivity contribution < 1.29 is 14.1 Å². The molecule has 29 heavy (non-hydrogen) atoms. The molecule has 3 aromatic rings. The molecule has 0 spiro atoms. The number of hydrogen-bond donors (Lipinski definition) is 2. The molecule has 2 aromatic heterocycles. The Morgan fingerprint density at radius 1 is 1.34 bits per heavy atom. The van der Waals surface area contributed by atoms with Crippen molar-refractivity contribution in [2.24, 2.45) is 0 Å². The molecule has 0 unspecified atom stereocenters. The van der Waals surface area contributed by atoms with E-state index in [4.69, 9.17) is 9.26 Å². The maximum absolute atomic E-state index is 12.4. The third-order valence-electron chi connectivity index (χ3n) is 4.73. The van der Waals surface area contributed by atoms with Gasteiger partial charge in [-0.25, -0.2) is 9.78 Å². The second-order valence-corrected chi connectivity index (χ2v) is 6.77. The summed E-state index contributed by atoms with van der Waals surface area (Å²) in [4.78, 5) is 27.1. The number of likely N-dealkylation sites (tertiary alicyclic amines) is 1. The van der Waals surface area contributed by atoms with Gasteiger partial charge in [-0.15, -0.1) is 0 Å². The number of ether oxygens (including phenoxy) is 1. The lowest BCUT2D eigenvalue weighted by Crippen LogP contribution is -2.39. The van der Waals surface area contributed by atoms with Crippen LogP contribution in [-0.2, 0) is 0 Å². The van der Waals surface area contributed by atoms with Crippen LogP contribution in [0.25, 0.3) is 11.5 Å². The topological polar surface area (TPSA) is 118 Å². The van der Waals surface area contributed by atoms with Crippen molar-refractivity contribution in [3.05, 3.63) is 48.7 Å². The zero-order chi connectivity index (χ0) is 20.2. The van der Waals surface area contributed by atoms with Crippen LogP contribution in [0.2, 0.25) is 0 Å². The molecule has 2 amide bonds. The third kappa shape index (κ3) is 4.32. The molecule has 0 aliphatic carbocycles. The van der Waals surface area contributed by atoms with E-state index in [1.165, 1.54) is 0 Å². The van der Waals surface area contributed by atoms with Gasteiger partial charge in [-0.2, -0.15) is 4.98 Å². The average Bonchev–Trinajstić information content (AvgIpc) is 3.35. The van der Waals surface area contributed by atoms with Gasteiger partial charge in [0.15, 0.2) is 0 Å². The summed E-state index contributed by atoms with van der Waals surface area (Å²) in [7, 11) is 3.54. The number of benzene rings is 1. The number of hydrogen-bond acceptors (Lipinski definition) is 8. The number of likely N-dealkylation sites (N-methyl/N-ethyl adjacent to an activating group) is 1. The highest BCUT2D eigenvalue weighted by atomic mass is 16.5. The number of urea groups is 1. The number of rotatable bonds is 5. The Labute approximate surface area is 167 Å². The lowest BCUT2D eigenvalue weighted by Gasteiger charge is -2.14. The molecule has 3 heterocycles. The van der Waals surface area contributed by atoms with Crippen molar-refractivity contribution >= 4 is 11.7 Å². The van der Waals surface area contributed by atoms with Crippen LogP contribution in [0.5, 0.6) is 5.75 Å². The number of aromatic nitrogens is 4. The fourth-order valence-electron chi connectivity index (χ4n) is 3.34. The van der Waals surface area contributed by atoms with Gasteiger partial charge in [0.25, 0.3) is 0 Å². The first-order valence-electron chi connectivity index (χ1n) is 9.14. The van der Waals surface area contributed by atoms with Gasteiger partial charge in [0.1, 0.15) is 11.4 Å². The Morgan fingerprint density at radius 3 is 3.03 bits per heavy atom. The summed E-state index contributed by atoms with van der Waals surface area (Å²) in [5, 5.41) is 9.81. The predicted molar refractivity (Wildman–Crippen MR) is 104 cm³/mol. The maximum Gasteiger partial charge on any atom is 0.319 e. The molecule has 2 N–H and O–H groups in total. The molecule has 0 saturated carbocycles. The van der Waals surface area contributed by atoms with Crippen molar-refractivity contribution in [2.75, 3.05) is 26.0 Å². The van der Waals surface area contributed by atoms with Gasteiger partial charge < -0.3 is 19.9 Å². The van der Waals surface area contributed by atoms with Gasteiger partial charge in [-0.3, -0.25) is 9.88 Å². The maximum atomic E-state index is 12.4. The largest absolute Gasteiger partial charge is 0.497 e. The minimum absolute atomic E-state index is 0.0533. The minimum Gasteiger partial charge on any atom is -0.497 e. The molecule has 0 radical (unpaired) electrons. The summed E-state index contributed by atoms with van der Waals surface area (Å²) >= 11 is 0. The second-order valence-electron chi connectivity index (χ2n) is 6.77. The smallest absolute Gasteiger partial charge is 0.319 e. The van der Waals surface area contributed by atoms with Gasteiger partial charge in [-0.05, 0) is 25.6 Å². The van der Waals surface area contributed by atoms with E-state index in [0.29, 0.717) is 41.8 Å². The summed E-state index contributed by atoms with van der Waals surface area (Å²) in [6, 6.07) is 6.78. The molecule has 1 aliphatic heterocycles. The Hall–Kier alpha value is -3.53. The van der Waals surface area contributed by atoms with Crippen molar-refractivity contribution in [1.29, 1.82) is 0 Å². The van der Waals surface area contributed by atoms with E-state index in [-0.39, 0.29) is 18.1 Å². The van der Waals surface area contributed by atoms with E-state index in [2.05, 4.69) is 35.6 Å². The Kier molecular flexibility index (Phi) is 5.34. The van der Waals surface area contributed by atoms with Gasteiger partial charge >= 0.3 is 6.03 Å². The molecule has 1 fully saturated rings. The van der Waals surface area contributed by atoms with Crippen molar-refractivity contribution in [2.45, 2.75) is 18.5 Å². The molecule has 10 heteroatoms. The van der Waals surface area contributed by atoms with E-state index in [9.17, 15) is 4.79 Å². The van der Waals surface area contributed by atoms with Gasteiger partial charge in [0, 0.05) is 36.7 Å². The molecule has 2 atom stereocenters. The molecule has 4 rings (SSSR count). The number of nitrogens with zero attached hydrogens (tertiary/aromatic N) is 5. The van der Waals surface area contributed by atoms with Crippen LogP contribution >= 0.6 is 0 Å². The summed E-state index contributed by atoms with van der Waals surface area (Å²) in [5.41, 5.74) is 1.21. The zero-order valence-corrected chi connectivity index (χ0v) is 16.1. The van der Waals surface area contributed by atoms with Gasteiger partial charge in [0.05, 0.1) is 19.3 Å². The van der Waals surface area contributed by atoms with Gasteiger partial charge in [-0.1, -0.05) is 11.2 Å². The van der Waals surface area contributed by atoms with E-state index < -0.39 is 0 Å². The number of amides is 2. The third-order valence-corrected chi connectivity index (χ3v) is 4.73. The van der Waals surface area contributed by atoms with Crippen LogP contribution in [0, 0.1) is 0 Å². The summed E-state index contributed by atoms with van der Waals surface area (Å²) in [5.74, 6) is 1.57. The molecule has 10 nitrogen and oxygen atoms in total. The first kappa shape index (κ1) is 18.8. The molecule has 1 saturated heterocycles. The van der Waals surface area contributed by atoms with E-state index in [1.807, 2.05) is 19.2 Å². The monoisotopic (exact) mass is 395 g/mol. The summed E-state index contributed by atoms with van der Waals surface area (Å²) < 4.78 is 10.6. The fourth-order valence-corrected chi connectivity index (χ4v) is 3.34. The standard InChI is InChI=1S/C19H21N7O3/c1-26-11-13(23-19(27)22-12-4-3-5-14(8-12)28-2)9-16(26)18-24-17(25-29-18)15-10-20-6-7-21-15/h3-8,10,13,16H,9,11H2,1-2H3,(H2,22,23,27)/t13-,16-/m0/s1. The quantitative estimate of drug-likeness (QED) is 0.674. The SMILES string of the molecule is COc1cccc(NC(=O)N[C@H]2C[C@@H](c3nc(-c4cnccn4)no3)N(C)C2)c1. The molecular formula is C19H21N7O3. The van der Waals surface area contributed by atoms with E-state index in [1.54, 1.807) is 37.8 Å². The van der Waals surface area contributed by atoms with Crippen molar-refractivity contribution in [1.82, 2.24) is 30.3 Å². The first-order valence-corrected chi connectivity index (χ1v) is 9.14. The molecule has 1 aliphatic rings. The van der Waals surface area contributed by atoms with Crippen LogP contribution in [0.15, 0.2) is 47.4 Å².